The molecule has 4 atom stereocenters. The lowest BCUT2D eigenvalue weighted by Gasteiger charge is -2.50. The molecule has 0 aromatic rings. The predicted octanol–water partition coefficient (Wildman–Crippen LogP) is 5.42. The van der Waals surface area contributed by atoms with Crippen LogP contribution in [0.25, 0.3) is 0 Å². The Hall–Kier alpha value is -0.820. The smallest absolute Gasteiger partial charge is 0.0633 e. The van der Waals surface area contributed by atoms with Crippen molar-refractivity contribution in [3.63, 3.8) is 0 Å². The Morgan fingerprint density at radius 3 is 2.86 bits per heavy atom. The molecule has 0 bridgehead atoms. The highest BCUT2D eigenvalue weighted by Gasteiger charge is 2.47. The number of aliphatic hydroxyl groups is 1. The van der Waals surface area contributed by atoms with E-state index in [0.29, 0.717) is 11.8 Å². The minimum Gasteiger partial charge on any atom is -0.392 e. The van der Waals surface area contributed by atoms with Gasteiger partial charge in [-0.3, -0.25) is 0 Å². The molecule has 0 heterocycles. The Bertz CT molecular complexity index is 452. The lowest BCUT2D eigenvalue weighted by Crippen LogP contribution is -2.46. The zero-order chi connectivity index (χ0) is 15.6. The Morgan fingerprint density at radius 1 is 1.48 bits per heavy atom. The van der Waals surface area contributed by atoms with Gasteiger partial charge >= 0.3 is 0 Å². The Balaban J connectivity index is 2.01. The topological polar surface area (TPSA) is 20.2 Å². The average molecular weight is 288 g/mol. The molecule has 118 valence electrons. The van der Waals surface area contributed by atoms with Crippen LogP contribution in [0.5, 0.6) is 0 Å². The summed E-state index contributed by atoms with van der Waals surface area (Å²) in [5, 5.41) is 10.4. The molecule has 1 saturated carbocycles. The molecule has 0 amide bonds. The lowest BCUT2D eigenvalue weighted by molar-refractivity contribution is -0.0359. The second-order valence-corrected chi connectivity index (χ2v) is 7.71. The molecule has 4 unspecified atom stereocenters. The maximum absolute atomic E-state index is 10.4. The van der Waals surface area contributed by atoms with Crippen LogP contribution in [0.3, 0.4) is 0 Å². The van der Waals surface area contributed by atoms with Gasteiger partial charge < -0.3 is 5.11 Å². The molecule has 2 aliphatic carbocycles. The Labute approximate surface area is 130 Å². The van der Waals surface area contributed by atoms with E-state index in [1.807, 2.05) is 0 Å². The van der Waals surface area contributed by atoms with E-state index in [9.17, 15) is 5.11 Å². The molecule has 0 spiro atoms. The first-order chi connectivity index (χ1) is 9.84. The molecule has 0 aromatic heterocycles. The third-order valence-electron chi connectivity index (χ3n) is 5.92. The number of hydrogen-bond donors (Lipinski definition) is 1. The highest BCUT2D eigenvalue weighted by Crippen LogP contribution is 2.53. The Kier molecular flexibility index (Phi) is 5.14. The molecule has 1 heteroatoms. The minimum atomic E-state index is -0.161. The summed E-state index contributed by atoms with van der Waals surface area (Å²) >= 11 is 0. The zero-order valence-corrected chi connectivity index (χ0v) is 14.3. The van der Waals surface area contributed by atoms with Crippen LogP contribution in [-0.4, -0.2) is 11.2 Å². The van der Waals surface area contributed by atoms with Gasteiger partial charge in [-0.05, 0) is 71.1 Å². The maximum atomic E-state index is 10.4. The van der Waals surface area contributed by atoms with Crippen molar-refractivity contribution in [2.45, 2.75) is 72.3 Å². The van der Waals surface area contributed by atoms with Gasteiger partial charge in [0.15, 0.2) is 0 Å². The summed E-state index contributed by atoms with van der Waals surface area (Å²) < 4.78 is 0. The van der Waals surface area contributed by atoms with E-state index in [1.54, 1.807) is 0 Å². The highest BCUT2D eigenvalue weighted by molar-refractivity contribution is 5.20. The summed E-state index contributed by atoms with van der Waals surface area (Å²) in [5.74, 6) is 1.18. The van der Waals surface area contributed by atoms with Crippen molar-refractivity contribution in [1.29, 1.82) is 0 Å². The van der Waals surface area contributed by atoms with Gasteiger partial charge in [0, 0.05) is 5.41 Å². The van der Waals surface area contributed by atoms with Crippen molar-refractivity contribution in [2.24, 2.45) is 17.3 Å². The molecule has 2 aliphatic rings. The summed E-state index contributed by atoms with van der Waals surface area (Å²) in [6.07, 6.45) is 11.0. The van der Waals surface area contributed by atoms with E-state index in [2.05, 4.69) is 46.4 Å². The van der Waals surface area contributed by atoms with E-state index in [1.165, 1.54) is 29.6 Å². The fourth-order valence-electron chi connectivity index (χ4n) is 4.27. The third kappa shape index (κ3) is 3.51. The molecule has 21 heavy (non-hydrogen) atoms. The normalized spacial score (nSPS) is 35.7. The zero-order valence-electron chi connectivity index (χ0n) is 14.3. The van der Waals surface area contributed by atoms with Crippen LogP contribution in [0.4, 0.5) is 0 Å². The second-order valence-electron chi connectivity index (χ2n) is 7.71. The van der Waals surface area contributed by atoms with Crippen molar-refractivity contribution >= 4 is 0 Å². The molecule has 1 nitrogen and oxygen atoms in total. The van der Waals surface area contributed by atoms with Gasteiger partial charge in [0.25, 0.3) is 0 Å². The predicted molar refractivity (Wildman–Crippen MR) is 91.1 cm³/mol. The monoisotopic (exact) mass is 288 g/mol. The van der Waals surface area contributed by atoms with Gasteiger partial charge in [-0.2, -0.15) is 0 Å². The van der Waals surface area contributed by atoms with Crippen LogP contribution in [0, 0.1) is 17.3 Å². The number of rotatable bonds is 4. The summed E-state index contributed by atoms with van der Waals surface area (Å²) in [5.41, 5.74) is 4.40. The molecule has 0 saturated heterocycles. The molecular formula is C20H32O. The lowest BCUT2D eigenvalue weighted by atomic mass is 9.56. The summed E-state index contributed by atoms with van der Waals surface area (Å²) in [6, 6.07) is 0. The van der Waals surface area contributed by atoms with Crippen LogP contribution in [-0.2, 0) is 0 Å². The quantitative estimate of drug-likeness (QED) is 0.685. The van der Waals surface area contributed by atoms with Gasteiger partial charge in [-0.25, -0.2) is 0 Å². The van der Waals surface area contributed by atoms with Crippen molar-refractivity contribution in [2.75, 3.05) is 0 Å². The summed E-state index contributed by atoms with van der Waals surface area (Å²) in [7, 11) is 0. The van der Waals surface area contributed by atoms with Crippen LogP contribution in [0.15, 0.2) is 35.5 Å². The van der Waals surface area contributed by atoms with Gasteiger partial charge in [0.2, 0.25) is 0 Å². The molecule has 0 aliphatic heterocycles. The number of hydrogen-bond acceptors (Lipinski definition) is 1. The number of allylic oxidation sites excluding steroid dienone is 4. The van der Waals surface area contributed by atoms with Crippen molar-refractivity contribution in [3.8, 4) is 0 Å². The van der Waals surface area contributed by atoms with Crippen molar-refractivity contribution < 1.29 is 5.11 Å². The van der Waals surface area contributed by atoms with E-state index in [-0.39, 0.29) is 11.5 Å². The summed E-state index contributed by atoms with van der Waals surface area (Å²) in [6.45, 7) is 13.2. The van der Waals surface area contributed by atoms with Gasteiger partial charge in [-0.1, -0.05) is 42.4 Å². The molecule has 1 fully saturated rings. The van der Waals surface area contributed by atoms with Gasteiger partial charge in [0.05, 0.1) is 6.10 Å². The summed E-state index contributed by atoms with van der Waals surface area (Å²) in [4.78, 5) is 0. The molecule has 2 rings (SSSR count). The molecule has 1 N–H and O–H groups in total. The van der Waals surface area contributed by atoms with Crippen LogP contribution >= 0.6 is 0 Å². The standard InChI is InChI=1S/C20H32O/c1-14(2)7-6-8-15(3)17-11-12-20(5)18(13-17)16(4)9-10-19(20)21/h7,9,17-19,21H,3,6,8,10-13H2,1-2,4-5H3. The maximum Gasteiger partial charge on any atom is 0.0633 e. The first-order valence-electron chi connectivity index (χ1n) is 8.50. The average Bonchev–Trinajstić information content (AvgIpc) is 2.43. The Morgan fingerprint density at radius 2 is 2.19 bits per heavy atom. The fraction of sp³-hybridized carbons (Fsp3) is 0.700. The first kappa shape index (κ1) is 16.5. The SMILES string of the molecule is C=C(CCC=C(C)C)C1CCC2(C)C(O)CC=C(C)C2C1. The van der Waals surface area contributed by atoms with E-state index < -0.39 is 0 Å². The largest absolute Gasteiger partial charge is 0.392 e. The van der Waals surface area contributed by atoms with E-state index in [0.717, 1.165) is 25.7 Å². The van der Waals surface area contributed by atoms with E-state index in [4.69, 9.17) is 0 Å². The molecular weight excluding hydrogens is 256 g/mol. The first-order valence-corrected chi connectivity index (χ1v) is 8.50. The molecule has 0 radical (unpaired) electrons. The molecule has 0 aromatic carbocycles. The van der Waals surface area contributed by atoms with Crippen LogP contribution < -0.4 is 0 Å². The number of fused-ring (bicyclic) bond motifs is 1. The van der Waals surface area contributed by atoms with Crippen molar-refractivity contribution in [1.82, 2.24) is 0 Å². The van der Waals surface area contributed by atoms with Crippen LogP contribution in [0.2, 0.25) is 0 Å². The fourth-order valence-corrected chi connectivity index (χ4v) is 4.27. The van der Waals surface area contributed by atoms with Gasteiger partial charge in [0.1, 0.15) is 0 Å². The number of aliphatic hydroxyl groups excluding tert-OH is 1. The van der Waals surface area contributed by atoms with Gasteiger partial charge in [-0.15, -0.1) is 0 Å². The highest BCUT2D eigenvalue weighted by atomic mass is 16.3. The minimum absolute atomic E-state index is 0.0928. The van der Waals surface area contributed by atoms with Crippen LogP contribution in [0.1, 0.15) is 66.2 Å². The van der Waals surface area contributed by atoms with Crippen molar-refractivity contribution in [3.05, 3.63) is 35.5 Å². The van der Waals surface area contributed by atoms with E-state index >= 15 is 0 Å². The third-order valence-corrected chi connectivity index (χ3v) is 5.92. The second kappa shape index (κ2) is 6.52.